The van der Waals surface area contributed by atoms with Crippen LogP contribution in [0.2, 0.25) is 10.2 Å². The van der Waals surface area contributed by atoms with Gasteiger partial charge in [0, 0.05) is 16.1 Å². The molecule has 1 atom stereocenters. The summed E-state index contributed by atoms with van der Waals surface area (Å²) in [7, 11) is 0. The second-order valence-electron chi connectivity index (χ2n) is 3.22. The van der Waals surface area contributed by atoms with Gasteiger partial charge in [-0.3, -0.25) is 0 Å². The lowest BCUT2D eigenvalue weighted by Crippen LogP contribution is -2.00. The fourth-order valence-corrected chi connectivity index (χ4v) is 1.83. The van der Waals surface area contributed by atoms with Crippen molar-refractivity contribution in [1.29, 1.82) is 0 Å². The average Bonchev–Trinajstić information content (AvgIpc) is 2.67. The van der Waals surface area contributed by atoms with Gasteiger partial charge in [-0.05, 0) is 35.9 Å². The van der Waals surface area contributed by atoms with Crippen LogP contribution in [0.1, 0.15) is 17.2 Å². The molecule has 2 aromatic rings. The molecule has 0 fully saturated rings. The Morgan fingerprint density at radius 3 is 2.56 bits per heavy atom. The van der Waals surface area contributed by atoms with E-state index in [4.69, 9.17) is 27.6 Å². The lowest BCUT2D eigenvalue weighted by atomic mass is 10.0. The number of benzene rings is 1. The molecule has 2 nitrogen and oxygen atoms in total. The Balaban J connectivity index is 2.45. The second kappa shape index (κ2) is 4.45. The van der Waals surface area contributed by atoms with Gasteiger partial charge in [-0.2, -0.15) is 0 Å². The van der Waals surface area contributed by atoms with Gasteiger partial charge in [-0.15, -0.1) is 0 Å². The third kappa shape index (κ3) is 2.07. The molecule has 84 valence electrons. The van der Waals surface area contributed by atoms with Crippen LogP contribution in [0.15, 0.2) is 34.9 Å². The summed E-state index contributed by atoms with van der Waals surface area (Å²) in [5.41, 5.74) is 0.610. The molecule has 0 bridgehead atoms. The largest absolute Gasteiger partial charge is 0.453 e. The predicted molar refractivity (Wildman–Crippen MR) is 59.2 cm³/mol. The molecular weight excluding hydrogens is 254 g/mol. The van der Waals surface area contributed by atoms with Crippen molar-refractivity contribution in [1.82, 2.24) is 0 Å². The van der Waals surface area contributed by atoms with Crippen LogP contribution in [0.4, 0.5) is 4.39 Å². The van der Waals surface area contributed by atoms with Crippen molar-refractivity contribution in [2.24, 2.45) is 0 Å². The molecule has 1 N–H and O–H groups in total. The first-order valence-corrected chi connectivity index (χ1v) is 5.21. The molecule has 0 aliphatic carbocycles. The van der Waals surface area contributed by atoms with Crippen molar-refractivity contribution >= 4 is 23.2 Å². The van der Waals surface area contributed by atoms with E-state index < -0.39 is 11.9 Å². The van der Waals surface area contributed by atoms with E-state index >= 15 is 0 Å². The number of rotatable bonds is 2. The highest BCUT2D eigenvalue weighted by molar-refractivity contribution is 6.31. The van der Waals surface area contributed by atoms with Gasteiger partial charge in [0.25, 0.3) is 0 Å². The van der Waals surface area contributed by atoms with Gasteiger partial charge in [0.2, 0.25) is 0 Å². The topological polar surface area (TPSA) is 33.4 Å². The van der Waals surface area contributed by atoms with Crippen molar-refractivity contribution in [3.05, 3.63) is 57.7 Å². The van der Waals surface area contributed by atoms with E-state index in [1.807, 2.05) is 0 Å². The molecule has 1 aromatic heterocycles. The Morgan fingerprint density at radius 1 is 1.19 bits per heavy atom. The maximum atomic E-state index is 13.0. The Kier molecular flexibility index (Phi) is 3.19. The van der Waals surface area contributed by atoms with E-state index in [1.54, 1.807) is 0 Å². The SMILES string of the molecule is OC(c1cc(F)ccc1Cl)c1ccoc1Cl. The third-order valence-corrected chi connectivity index (χ3v) is 2.84. The summed E-state index contributed by atoms with van der Waals surface area (Å²) < 4.78 is 17.9. The predicted octanol–water partition coefficient (Wildman–Crippen LogP) is 3.81. The lowest BCUT2D eigenvalue weighted by Gasteiger charge is -2.11. The molecule has 1 heterocycles. The molecule has 0 aliphatic heterocycles. The van der Waals surface area contributed by atoms with Crippen LogP contribution in [0, 0.1) is 5.82 Å². The molecule has 16 heavy (non-hydrogen) atoms. The van der Waals surface area contributed by atoms with Crippen molar-refractivity contribution in [2.75, 3.05) is 0 Å². The highest BCUT2D eigenvalue weighted by atomic mass is 35.5. The van der Waals surface area contributed by atoms with E-state index in [0.29, 0.717) is 5.56 Å². The Labute approximate surface area is 101 Å². The van der Waals surface area contributed by atoms with Gasteiger partial charge in [-0.25, -0.2) is 4.39 Å². The number of hydrogen-bond donors (Lipinski definition) is 1. The molecular formula is C11H7Cl2FO2. The summed E-state index contributed by atoms with van der Waals surface area (Å²) in [5, 5.41) is 10.3. The van der Waals surface area contributed by atoms with Crippen molar-refractivity contribution in [2.45, 2.75) is 6.10 Å². The van der Waals surface area contributed by atoms with Crippen LogP contribution < -0.4 is 0 Å². The van der Waals surface area contributed by atoms with E-state index in [2.05, 4.69) is 0 Å². The minimum Gasteiger partial charge on any atom is -0.453 e. The number of hydrogen-bond acceptors (Lipinski definition) is 2. The maximum absolute atomic E-state index is 13.0. The van der Waals surface area contributed by atoms with Gasteiger partial charge in [-0.1, -0.05) is 11.6 Å². The Morgan fingerprint density at radius 2 is 1.94 bits per heavy atom. The van der Waals surface area contributed by atoms with Gasteiger partial charge in [0.15, 0.2) is 5.22 Å². The molecule has 0 spiro atoms. The van der Waals surface area contributed by atoms with Crippen molar-refractivity contribution in [3.8, 4) is 0 Å². The molecule has 0 saturated carbocycles. The molecule has 5 heteroatoms. The molecule has 0 aliphatic rings. The van der Waals surface area contributed by atoms with Crippen LogP contribution in [-0.2, 0) is 0 Å². The first-order chi connectivity index (χ1) is 7.59. The van der Waals surface area contributed by atoms with E-state index in [9.17, 15) is 9.50 Å². The number of aliphatic hydroxyl groups is 1. The fraction of sp³-hybridized carbons (Fsp3) is 0.0909. The standard InChI is InChI=1S/C11H7Cl2FO2/c12-9-2-1-6(14)5-8(9)10(15)7-3-4-16-11(7)13/h1-5,10,15H. The van der Waals surface area contributed by atoms with Gasteiger partial charge in [0.1, 0.15) is 11.9 Å². The van der Waals surface area contributed by atoms with Crippen LogP contribution in [0.25, 0.3) is 0 Å². The lowest BCUT2D eigenvalue weighted by molar-refractivity contribution is 0.219. The highest BCUT2D eigenvalue weighted by Crippen LogP contribution is 2.33. The summed E-state index contributed by atoms with van der Waals surface area (Å²) in [6.45, 7) is 0. The minimum absolute atomic E-state index is 0.0628. The molecule has 2 rings (SSSR count). The summed E-state index contributed by atoms with van der Waals surface area (Å²) in [5.74, 6) is -0.474. The van der Waals surface area contributed by atoms with E-state index in [1.165, 1.54) is 24.5 Å². The smallest absolute Gasteiger partial charge is 0.199 e. The van der Waals surface area contributed by atoms with E-state index in [0.717, 1.165) is 6.07 Å². The Hall–Kier alpha value is -1.03. The average molecular weight is 261 g/mol. The number of halogens is 3. The van der Waals surface area contributed by atoms with Crippen LogP contribution in [0.3, 0.4) is 0 Å². The number of aliphatic hydroxyl groups excluding tert-OH is 1. The third-order valence-electron chi connectivity index (χ3n) is 2.19. The number of furan rings is 1. The molecule has 0 amide bonds. The van der Waals surface area contributed by atoms with Gasteiger partial charge < -0.3 is 9.52 Å². The summed E-state index contributed by atoms with van der Waals surface area (Å²) >= 11 is 11.6. The van der Waals surface area contributed by atoms with Gasteiger partial charge >= 0.3 is 0 Å². The second-order valence-corrected chi connectivity index (χ2v) is 3.97. The van der Waals surface area contributed by atoms with Crippen molar-refractivity contribution in [3.63, 3.8) is 0 Å². The fourth-order valence-electron chi connectivity index (χ4n) is 1.39. The maximum Gasteiger partial charge on any atom is 0.199 e. The van der Waals surface area contributed by atoms with E-state index in [-0.39, 0.29) is 15.8 Å². The zero-order chi connectivity index (χ0) is 11.7. The summed E-state index contributed by atoms with van der Waals surface area (Å²) in [6, 6.07) is 5.27. The summed E-state index contributed by atoms with van der Waals surface area (Å²) in [6.07, 6.45) is 0.239. The first kappa shape index (κ1) is 11.5. The Bertz CT molecular complexity index is 510. The zero-order valence-corrected chi connectivity index (χ0v) is 9.47. The van der Waals surface area contributed by atoms with Gasteiger partial charge in [0.05, 0.1) is 6.26 Å². The van der Waals surface area contributed by atoms with Crippen LogP contribution >= 0.6 is 23.2 Å². The molecule has 1 unspecified atom stereocenters. The highest BCUT2D eigenvalue weighted by Gasteiger charge is 2.19. The van der Waals surface area contributed by atoms with Crippen LogP contribution in [-0.4, -0.2) is 5.11 Å². The monoisotopic (exact) mass is 260 g/mol. The summed E-state index contributed by atoms with van der Waals surface area (Å²) in [4.78, 5) is 0. The normalized spacial score (nSPS) is 12.8. The first-order valence-electron chi connectivity index (χ1n) is 4.45. The molecule has 1 aromatic carbocycles. The molecule has 0 radical (unpaired) electrons. The quantitative estimate of drug-likeness (QED) is 0.891. The molecule has 0 saturated heterocycles. The zero-order valence-electron chi connectivity index (χ0n) is 7.95. The van der Waals surface area contributed by atoms with Crippen LogP contribution in [0.5, 0.6) is 0 Å². The minimum atomic E-state index is -1.10. The van der Waals surface area contributed by atoms with Crippen molar-refractivity contribution < 1.29 is 13.9 Å².